The molecular weight excluding hydrogens is 388 g/mol. The summed E-state index contributed by atoms with van der Waals surface area (Å²) >= 11 is 0. The summed E-state index contributed by atoms with van der Waals surface area (Å²) in [6.07, 6.45) is 10.1. The monoisotopic (exact) mass is 419 g/mol. The summed E-state index contributed by atoms with van der Waals surface area (Å²) in [6.45, 7) is 2.32. The van der Waals surface area contributed by atoms with Crippen LogP contribution in [0.15, 0.2) is 29.3 Å². The van der Waals surface area contributed by atoms with Crippen molar-refractivity contribution in [3.8, 4) is 0 Å². The van der Waals surface area contributed by atoms with Gasteiger partial charge in [-0.2, -0.15) is 0 Å². The number of nitrogens with zero attached hydrogens (tertiary/aromatic N) is 1. The van der Waals surface area contributed by atoms with Crippen LogP contribution in [0.2, 0.25) is 0 Å². The van der Waals surface area contributed by atoms with E-state index < -0.39 is 5.92 Å². The molecule has 4 rings (SSSR count). The van der Waals surface area contributed by atoms with Crippen molar-refractivity contribution in [2.75, 3.05) is 7.05 Å². The van der Waals surface area contributed by atoms with Crippen LogP contribution in [0.3, 0.4) is 0 Å². The zero-order chi connectivity index (χ0) is 21.7. The van der Waals surface area contributed by atoms with E-state index in [1.165, 1.54) is 51.2 Å². The molecule has 2 heterocycles. The molecular formula is C23H31F2N3O2. The minimum atomic E-state index is -2.35. The van der Waals surface area contributed by atoms with Crippen molar-refractivity contribution >= 4 is 16.8 Å². The Morgan fingerprint density at radius 3 is 2.53 bits per heavy atom. The molecule has 0 saturated heterocycles. The first-order chi connectivity index (χ1) is 14.3. The van der Waals surface area contributed by atoms with E-state index in [0.717, 1.165) is 24.7 Å². The highest BCUT2D eigenvalue weighted by atomic mass is 19.3. The summed E-state index contributed by atoms with van der Waals surface area (Å²) in [5.74, 6) is -0.600. The van der Waals surface area contributed by atoms with E-state index in [1.54, 1.807) is 6.07 Å². The first-order valence-corrected chi connectivity index (χ1v) is 10.9. The van der Waals surface area contributed by atoms with Crippen LogP contribution in [0.1, 0.15) is 68.8 Å². The minimum absolute atomic E-state index is 0.140. The van der Waals surface area contributed by atoms with Crippen LogP contribution >= 0.6 is 0 Å². The second-order valence-electron chi connectivity index (χ2n) is 8.62. The van der Waals surface area contributed by atoms with Gasteiger partial charge < -0.3 is 10.3 Å². The Kier molecular flexibility index (Phi) is 7.21. The molecule has 2 saturated carbocycles. The standard InChI is InChI=1S/C13H22F2.C10H9N3O2/c1-10-4-2-3-5-12(10)11-6-8-13(14,15)9-7-11;1-11-10(15)9-8-6(2-4-13-9)12-5-3-7(8)14/h10-12H,2-9H2,1H3;2-5H,1H3,(H,11,15)(H,12,14). The first kappa shape index (κ1) is 22.4. The normalized spacial score (nSPS) is 24.0. The average Bonchev–Trinajstić information content (AvgIpc) is 2.74. The van der Waals surface area contributed by atoms with E-state index >= 15 is 0 Å². The molecule has 2 N–H and O–H groups in total. The van der Waals surface area contributed by atoms with Crippen LogP contribution in [-0.2, 0) is 0 Å². The SMILES string of the molecule is CC1CCCCC1C1CCC(F)(F)CC1.CNC(=O)c1nccc2[nH]ccc(=O)c12. The predicted octanol–water partition coefficient (Wildman–Crippen LogP) is 4.92. The molecule has 2 aliphatic carbocycles. The van der Waals surface area contributed by atoms with Crippen LogP contribution in [-0.4, -0.2) is 28.8 Å². The van der Waals surface area contributed by atoms with Crippen LogP contribution in [0, 0.1) is 17.8 Å². The molecule has 7 heteroatoms. The van der Waals surface area contributed by atoms with Gasteiger partial charge in [-0.1, -0.05) is 26.2 Å². The van der Waals surface area contributed by atoms with Crippen molar-refractivity contribution in [2.24, 2.45) is 17.8 Å². The molecule has 0 aromatic carbocycles. The first-order valence-electron chi connectivity index (χ1n) is 10.9. The average molecular weight is 420 g/mol. The van der Waals surface area contributed by atoms with Crippen LogP contribution in [0.25, 0.3) is 10.9 Å². The third kappa shape index (κ3) is 5.24. The Hall–Kier alpha value is -2.31. The van der Waals surface area contributed by atoms with Gasteiger partial charge in [0, 0.05) is 38.3 Å². The molecule has 0 spiro atoms. The molecule has 2 aromatic heterocycles. The number of carbonyl (C=O) groups is 1. The van der Waals surface area contributed by atoms with Crippen molar-refractivity contribution in [1.82, 2.24) is 15.3 Å². The lowest BCUT2D eigenvalue weighted by atomic mass is 9.68. The van der Waals surface area contributed by atoms with Gasteiger partial charge in [-0.25, -0.2) is 8.78 Å². The Morgan fingerprint density at radius 2 is 1.87 bits per heavy atom. The third-order valence-electron chi connectivity index (χ3n) is 6.66. The number of hydrogen-bond donors (Lipinski definition) is 2. The summed E-state index contributed by atoms with van der Waals surface area (Å²) in [6, 6.07) is 3.03. The highest BCUT2D eigenvalue weighted by molar-refractivity contribution is 6.03. The number of aromatic nitrogens is 2. The van der Waals surface area contributed by atoms with Crippen molar-refractivity contribution in [3.63, 3.8) is 0 Å². The second-order valence-corrected chi connectivity index (χ2v) is 8.62. The maximum atomic E-state index is 13.0. The Labute approximate surface area is 175 Å². The summed E-state index contributed by atoms with van der Waals surface area (Å²) in [5.41, 5.74) is 0.545. The smallest absolute Gasteiger partial charge is 0.270 e. The highest BCUT2D eigenvalue weighted by Gasteiger charge is 2.39. The fourth-order valence-corrected chi connectivity index (χ4v) is 4.95. The zero-order valence-electron chi connectivity index (χ0n) is 17.7. The van der Waals surface area contributed by atoms with Crippen molar-refractivity contribution < 1.29 is 13.6 Å². The van der Waals surface area contributed by atoms with Gasteiger partial charge >= 0.3 is 0 Å². The molecule has 2 unspecified atom stereocenters. The van der Waals surface area contributed by atoms with Gasteiger partial charge in [-0.15, -0.1) is 0 Å². The lowest BCUT2D eigenvalue weighted by molar-refractivity contribution is -0.0577. The Balaban J connectivity index is 0.000000171. The molecule has 5 nitrogen and oxygen atoms in total. The van der Waals surface area contributed by atoms with E-state index in [-0.39, 0.29) is 29.9 Å². The summed E-state index contributed by atoms with van der Waals surface area (Å²) in [5, 5.41) is 2.77. The van der Waals surface area contributed by atoms with E-state index in [9.17, 15) is 18.4 Å². The number of alkyl halides is 2. The zero-order valence-corrected chi connectivity index (χ0v) is 17.7. The van der Waals surface area contributed by atoms with E-state index in [4.69, 9.17) is 0 Å². The number of nitrogens with one attached hydrogen (secondary N) is 2. The minimum Gasteiger partial charge on any atom is -0.361 e. The highest BCUT2D eigenvalue weighted by Crippen LogP contribution is 2.45. The predicted molar refractivity (Wildman–Crippen MR) is 114 cm³/mol. The number of halogens is 2. The van der Waals surface area contributed by atoms with E-state index in [2.05, 4.69) is 22.2 Å². The van der Waals surface area contributed by atoms with Gasteiger partial charge in [-0.3, -0.25) is 14.6 Å². The van der Waals surface area contributed by atoms with Crippen LogP contribution < -0.4 is 10.7 Å². The number of pyridine rings is 2. The number of carbonyl (C=O) groups excluding carboxylic acids is 1. The number of H-pyrrole nitrogens is 1. The number of hydrogen-bond acceptors (Lipinski definition) is 3. The summed E-state index contributed by atoms with van der Waals surface area (Å²) in [7, 11) is 1.50. The molecule has 2 aromatic rings. The second kappa shape index (κ2) is 9.67. The van der Waals surface area contributed by atoms with E-state index in [1.807, 2.05) is 0 Å². The van der Waals surface area contributed by atoms with Crippen LogP contribution in [0.5, 0.6) is 0 Å². The quantitative estimate of drug-likeness (QED) is 0.725. The van der Waals surface area contributed by atoms with Gasteiger partial charge in [0.1, 0.15) is 5.69 Å². The fourth-order valence-electron chi connectivity index (χ4n) is 4.95. The molecule has 2 aliphatic rings. The van der Waals surface area contributed by atoms with Crippen molar-refractivity contribution in [1.29, 1.82) is 0 Å². The Morgan fingerprint density at radius 1 is 1.17 bits per heavy atom. The molecule has 2 fully saturated rings. The molecule has 0 radical (unpaired) electrons. The molecule has 2 atom stereocenters. The van der Waals surface area contributed by atoms with Gasteiger partial charge in [0.15, 0.2) is 5.43 Å². The fraction of sp³-hybridized carbons (Fsp3) is 0.609. The third-order valence-corrected chi connectivity index (χ3v) is 6.66. The maximum Gasteiger partial charge on any atom is 0.270 e. The largest absolute Gasteiger partial charge is 0.361 e. The van der Waals surface area contributed by atoms with Crippen LogP contribution in [0.4, 0.5) is 8.78 Å². The van der Waals surface area contributed by atoms with Gasteiger partial charge in [-0.05, 0) is 43.1 Å². The van der Waals surface area contributed by atoms with Gasteiger partial charge in [0.05, 0.1) is 10.9 Å². The molecule has 164 valence electrons. The van der Waals surface area contributed by atoms with Crippen molar-refractivity contribution in [3.05, 3.63) is 40.4 Å². The molecule has 0 bridgehead atoms. The number of fused-ring (bicyclic) bond motifs is 1. The molecule has 0 aliphatic heterocycles. The lowest BCUT2D eigenvalue weighted by Crippen LogP contribution is -2.32. The molecule has 30 heavy (non-hydrogen) atoms. The number of amides is 1. The summed E-state index contributed by atoms with van der Waals surface area (Å²) in [4.78, 5) is 29.8. The maximum absolute atomic E-state index is 13.0. The van der Waals surface area contributed by atoms with Crippen molar-refractivity contribution in [2.45, 2.75) is 64.2 Å². The topological polar surface area (TPSA) is 74.8 Å². The lowest BCUT2D eigenvalue weighted by Gasteiger charge is -2.39. The van der Waals surface area contributed by atoms with Gasteiger partial charge in [0.25, 0.3) is 5.91 Å². The van der Waals surface area contributed by atoms with Gasteiger partial charge in [0.2, 0.25) is 5.92 Å². The van der Waals surface area contributed by atoms with E-state index in [0.29, 0.717) is 16.8 Å². The molecule has 1 amide bonds. The summed E-state index contributed by atoms with van der Waals surface area (Å²) < 4.78 is 26.1. The Bertz CT molecular complexity index is 913. The number of rotatable bonds is 2. The number of aromatic amines is 1.